The highest BCUT2D eigenvalue weighted by molar-refractivity contribution is 6.31. The predicted molar refractivity (Wildman–Crippen MR) is 79.9 cm³/mol. The third-order valence-electron chi connectivity index (χ3n) is 3.77. The summed E-state index contributed by atoms with van der Waals surface area (Å²) < 4.78 is 0. The lowest BCUT2D eigenvalue weighted by molar-refractivity contribution is 0.0824. The normalized spacial score (nSPS) is 16.6. The summed E-state index contributed by atoms with van der Waals surface area (Å²) in [5.41, 5.74) is 0.724. The highest BCUT2D eigenvalue weighted by Crippen LogP contribution is 2.30. The van der Waals surface area contributed by atoms with Gasteiger partial charge in [-0.15, -0.1) is 0 Å². The Labute approximate surface area is 120 Å². The van der Waals surface area contributed by atoms with Gasteiger partial charge in [0.1, 0.15) is 0 Å². The maximum atomic E-state index is 12.5. The molecule has 0 aliphatic heterocycles. The van der Waals surface area contributed by atoms with Gasteiger partial charge in [-0.25, -0.2) is 0 Å². The Balaban J connectivity index is 2.07. The summed E-state index contributed by atoms with van der Waals surface area (Å²) in [5.74, 6) is 0.186. The fourth-order valence-electron chi connectivity index (χ4n) is 2.47. The molecule has 0 heterocycles. The number of unbranched alkanes of at least 4 members (excludes halogenated alkanes) is 1. The van der Waals surface area contributed by atoms with E-state index in [1.165, 1.54) is 19.3 Å². The average Bonchev–Trinajstić information content (AvgIpc) is 3.22. The lowest BCUT2D eigenvalue weighted by Crippen LogP contribution is -2.41. The molecule has 104 valence electrons. The van der Waals surface area contributed by atoms with Crippen LogP contribution in [0.25, 0.3) is 0 Å². The molecule has 2 nitrogen and oxygen atoms in total. The Hall–Kier alpha value is -0.860. The van der Waals surface area contributed by atoms with Crippen LogP contribution in [0.15, 0.2) is 24.3 Å². The highest BCUT2D eigenvalue weighted by Gasteiger charge is 2.34. The predicted octanol–water partition coefficient (Wildman–Crippen LogP) is 4.18. The van der Waals surface area contributed by atoms with Gasteiger partial charge >= 0.3 is 0 Å². The van der Waals surface area contributed by atoms with E-state index in [-0.39, 0.29) is 11.8 Å². The number of carbonyl (C=O) groups excluding carboxylic acids is 1. The standard InChI is InChI=1S/C16H22ClNO/c1-3-4-10-18(15-8-9-15)12(2)16(19)13-6-5-7-14(17)11-13/h5-7,11-12,15H,3-4,8-10H2,1-2H3. The van der Waals surface area contributed by atoms with Crippen LogP contribution in [0.3, 0.4) is 0 Å². The zero-order valence-electron chi connectivity index (χ0n) is 11.7. The number of carbonyl (C=O) groups is 1. The molecule has 0 N–H and O–H groups in total. The van der Waals surface area contributed by atoms with Gasteiger partial charge in [-0.2, -0.15) is 0 Å². The van der Waals surface area contributed by atoms with Gasteiger partial charge in [-0.3, -0.25) is 9.69 Å². The van der Waals surface area contributed by atoms with Gasteiger partial charge in [0.2, 0.25) is 0 Å². The SMILES string of the molecule is CCCCN(C1CC1)C(C)C(=O)c1cccc(Cl)c1. The maximum Gasteiger partial charge on any atom is 0.179 e. The second kappa shape index (κ2) is 6.53. The van der Waals surface area contributed by atoms with Gasteiger partial charge in [-0.1, -0.05) is 37.1 Å². The number of hydrogen-bond acceptors (Lipinski definition) is 2. The van der Waals surface area contributed by atoms with Gasteiger partial charge in [0.15, 0.2) is 5.78 Å². The number of rotatable bonds is 7. The molecule has 1 aromatic carbocycles. The number of hydrogen-bond donors (Lipinski definition) is 0. The summed E-state index contributed by atoms with van der Waals surface area (Å²) >= 11 is 5.97. The molecule has 1 fully saturated rings. The lowest BCUT2D eigenvalue weighted by Gasteiger charge is -2.28. The minimum Gasteiger partial charge on any atom is -0.292 e. The van der Waals surface area contributed by atoms with Crippen molar-refractivity contribution in [2.24, 2.45) is 0 Å². The summed E-state index contributed by atoms with van der Waals surface area (Å²) in [5, 5.41) is 0.629. The van der Waals surface area contributed by atoms with E-state index in [2.05, 4.69) is 11.8 Å². The molecule has 1 atom stereocenters. The highest BCUT2D eigenvalue weighted by atomic mass is 35.5. The van der Waals surface area contributed by atoms with E-state index in [9.17, 15) is 4.79 Å². The van der Waals surface area contributed by atoms with Crippen LogP contribution >= 0.6 is 11.6 Å². The molecule has 1 aliphatic rings. The number of nitrogens with zero attached hydrogens (tertiary/aromatic N) is 1. The van der Waals surface area contributed by atoms with E-state index >= 15 is 0 Å². The Morgan fingerprint density at radius 2 is 2.21 bits per heavy atom. The van der Waals surface area contributed by atoms with Crippen molar-refractivity contribution >= 4 is 17.4 Å². The smallest absolute Gasteiger partial charge is 0.179 e. The van der Waals surface area contributed by atoms with Crippen LogP contribution < -0.4 is 0 Å². The molecule has 0 saturated heterocycles. The minimum atomic E-state index is -0.0440. The molecule has 0 bridgehead atoms. The summed E-state index contributed by atoms with van der Waals surface area (Å²) in [6.07, 6.45) is 4.79. The van der Waals surface area contributed by atoms with Crippen LogP contribution in [-0.2, 0) is 0 Å². The first kappa shape index (κ1) is 14.5. The third-order valence-corrected chi connectivity index (χ3v) is 4.01. The minimum absolute atomic E-state index is 0.0440. The van der Waals surface area contributed by atoms with Crippen LogP contribution in [0, 0.1) is 0 Å². The van der Waals surface area contributed by atoms with Gasteiger partial charge in [0.05, 0.1) is 6.04 Å². The molecule has 0 spiro atoms. The Morgan fingerprint density at radius 1 is 1.47 bits per heavy atom. The van der Waals surface area contributed by atoms with Crippen LogP contribution in [0.2, 0.25) is 5.02 Å². The van der Waals surface area contributed by atoms with Crippen molar-refractivity contribution in [3.63, 3.8) is 0 Å². The lowest BCUT2D eigenvalue weighted by atomic mass is 10.0. The Kier molecular flexibility index (Phi) is 5.00. The van der Waals surface area contributed by atoms with Gasteiger partial charge in [0, 0.05) is 16.6 Å². The second-order valence-electron chi connectivity index (χ2n) is 5.37. The molecule has 1 saturated carbocycles. The van der Waals surface area contributed by atoms with Gasteiger partial charge < -0.3 is 0 Å². The first-order chi connectivity index (χ1) is 9.13. The van der Waals surface area contributed by atoms with Crippen molar-refractivity contribution in [1.29, 1.82) is 0 Å². The Morgan fingerprint density at radius 3 is 2.79 bits per heavy atom. The molecule has 1 aromatic rings. The van der Waals surface area contributed by atoms with E-state index in [1.807, 2.05) is 19.1 Å². The van der Waals surface area contributed by atoms with Crippen molar-refractivity contribution in [2.75, 3.05) is 6.54 Å². The van der Waals surface area contributed by atoms with E-state index in [4.69, 9.17) is 11.6 Å². The Bertz CT molecular complexity index is 442. The third kappa shape index (κ3) is 3.80. The van der Waals surface area contributed by atoms with Gasteiger partial charge in [-0.05, 0) is 44.9 Å². The molecular weight excluding hydrogens is 258 g/mol. The van der Waals surface area contributed by atoms with Crippen molar-refractivity contribution in [2.45, 2.75) is 51.6 Å². The molecule has 0 amide bonds. The molecule has 0 radical (unpaired) electrons. The summed E-state index contributed by atoms with van der Waals surface area (Å²) in [7, 11) is 0. The quantitative estimate of drug-likeness (QED) is 0.698. The topological polar surface area (TPSA) is 20.3 Å². The molecule has 2 rings (SSSR count). The van der Waals surface area contributed by atoms with Crippen LogP contribution in [0.4, 0.5) is 0 Å². The molecule has 3 heteroatoms. The number of benzene rings is 1. The van der Waals surface area contributed by atoms with E-state index in [0.717, 1.165) is 18.5 Å². The number of ketones is 1. The fourth-order valence-corrected chi connectivity index (χ4v) is 2.66. The van der Waals surface area contributed by atoms with E-state index < -0.39 is 0 Å². The zero-order chi connectivity index (χ0) is 13.8. The molecule has 1 unspecified atom stereocenters. The monoisotopic (exact) mass is 279 g/mol. The van der Waals surface area contributed by atoms with Crippen molar-refractivity contribution in [3.05, 3.63) is 34.9 Å². The summed E-state index contributed by atoms with van der Waals surface area (Å²) in [6, 6.07) is 7.84. The first-order valence-electron chi connectivity index (χ1n) is 7.19. The average molecular weight is 280 g/mol. The maximum absolute atomic E-state index is 12.5. The first-order valence-corrected chi connectivity index (χ1v) is 7.56. The number of Topliss-reactive ketones (excluding diaryl/α,β-unsaturated/α-hetero) is 1. The van der Waals surface area contributed by atoms with Crippen LogP contribution in [0.1, 0.15) is 49.9 Å². The molecule has 19 heavy (non-hydrogen) atoms. The van der Waals surface area contributed by atoms with Crippen LogP contribution in [0.5, 0.6) is 0 Å². The van der Waals surface area contributed by atoms with Crippen molar-refractivity contribution in [1.82, 2.24) is 4.90 Å². The second-order valence-corrected chi connectivity index (χ2v) is 5.81. The molecule has 1 aliphatic carbocycles. The van der Waals surface area contributed by atoms with Crippen LogP contribution in [-0.4, -0.2) is 29.3 Å². The van der Waals surface area contributed by atoms with Crippen molar-refractivity contribution in [3.8, 4) is 0 Å². The van der Waals surface area contributed by atoms with Crippen molar-refractivity contribution < 1.29 is 4.79 Å². The molecule has 0 aromatic heterocycles. The largest absolute Gasteiger partial charge is 0.292 e. The fraction of sp³-hybridized carbons (Fsp3) is 0.562. The zero-order valence-corrected chi connectivity index (χ0v) is 12.5. The summed E-state index contributed by atoms with van der Waals surface area (Å²) in [4.78, 5) is 14.9. The van der Waals surface area contributed by atoms with E-state index in [1.54, 1.807) is 12.1 Å². The summed E-state index contributed by atoms with van der Waals surface area (Å²) in [6.45, 7) is 5.24. The molecular formula is C16H22ClNO. The van der Waals surface area contributed by atoms with E-state index in [0.29, 0.717) is 11.1 Å². The van der Waals surface area contributed by atoms with Gasteiger partial charge in [0.25, 0.3) is 0 Å². The number of halogens is 1.